The molecule has 3 heteroatoms. The van der Waals surface area contributed by atoms with Crippen molar-refractivity contribution in [1.29, 1.82) is 0 Å². The van der Waals surface area contributed by atoms with Gasteiger partial charge >= 0.3 is 0 Å². The van der Waals surface area contributed by atoms with Crippen molar-refractivity contribution < 1.29 is 4.42 Å². The van der Waals surface area contributed by atoms with Gasteiger partial charge in [0.1, 0.15) is 5.76 Å². The van der Waals surface area contributed by atoms with Crippen molar-refractivity contribution in [3.63, 3.8) is 0 Å². The van der Waals surface area contributed by atoms with Crippen molar-refractivity contribution in [2.45, 2.75) is 10.6 Å². The van der Waals surface area contributed by atoms with Crippen LogP contribution < -0.4 is 0 Å². The number of thioether (sulfide) groups is 1. The van der Waals surface area contributed by atoms with Crippen molar-refractivity contribution in [2.24, 2.45) is 0 Å². The lowest BCUT2D eigenvalue weighted by Gasteiger charge is -1.98. The standard InChI is InChI=1S/C16H13NOS/c1-3-7-13(8-4-1)16-17-11-14(18-16)12-19-15-9-5-2-6-10-15/h1-11H,12H2. The van der Waals surface area contributed by atoms with Gasteiger partial charge in [0, 0.05) is 10.5 Å². The van der Waals surface area contributed by atoms with Crippen LogP contribution in [0.2, 0.25) is 0 Å². The van der Waals surface area contributed by atoms with Crippen molar-refractivity contribution >= 4 is 11.8 Å². The van der Waals surface area contributed by atoms with Gasteiger partial charge in [0.15, 0.2) is 0 Å². The maximum Gasteiger partial charge on any atom is 0.226 e. The summed E-state index contributed by atoms with van der Waals surface area (Å²) in [6.07, 6.45) is 1.80. The molecule has 0 atom stereocenters. The highest BCUT2D eigenvalue weighted by molar-refractivity contribution is 7.98. The van der Waals surface area contributed by atoms with E-state index in [1.165, 1.54) is 4.90 Å². The van der Waals surface area contributed by atoms with Gasteiger partial charge in [-0.3, -0.25) is 0 Å². The van der Waals surface area contributed by atoms with E-state index in [9.17, 15) is 0 Å². The average Bonchev–Trinajstić information content (AvgIpc) is 2.96. The third kappa shape index (κ3) is 3.06. The third-order valence-corrected chi connectivity index (χ3v) is 3.73. The first-order chi connectivity index (χ1) is 9.42. The first kappa shape index (κ1) is 12.1. The molecular weight excluding hydrogens is 254 g/mol. The number of hydrogen-bond acceptors (Lipinski definition) is 3. The van der Waals surface area contributed by atoms with Gasteiger partial charge < -0.3 is 4.42 Å². The Bertz CT molecular complexity index is 634. The summed E-state index contributed by atoms with van der Waals surface area (Å²) in [7, 11) is 0. The van der Waals surface area contributed by atoms with Gasteiger partial charge in [-0.1, -0.05) is 36.4 Å². The van der Waals surface area contributed by atoms with Crippen molar-refractivity contribution in [1.82, 2.24) is 4.98 Å². The summed E-state index contributed by atoms with van der Waals surface area (Å²) in [5.41, 5.74) is 1.01. The van der Waals surface area contributed by atoms with Gasteiger partial charge in [-0.05, 0) is 24.3 Å². The largest absolute Gasteiger partial charge is 0.440 e. The van der Waals surface area contributed by atoms with Crippen LogP contribution in [0.15, 0.2) is 76.2 Å². The van der Waals surface area contributed by atoms with Crippen LogP contribution in [0.5, 0.6) is 0 Å². The van der Waals surface area contributed by atoms with Gasteiger partial charge in [0.25, 0.3) is 0 Å². The molecule has 3 rings (SSSR count). The fourth-order valence-electron chi connectivity index (χ4n) is 1.76. The highest BCUT2D eigenvalue weighted by Gasteiger charge is 2.06. The molecule has 2 nitrogen and oxygen atoms in total. The summed E-state index contributed by atoms with van der Waals surface area (Å²) in [4.78, 5) is 5.55. The van der Waals surface area contributed by atoms with Crippen LogP contribution in [0.3, 0.4) is 0 Å². The lowest BCUT2D eigenvalue weighted by molar-refractivity contribution is 0.538. The van der Waals surface area contributed by atoms with Crippen LogP contribution in [-0.4, -0.2) is 4.98 Å². The van der Waals surface area contributed by atoms with Gasteiger partial charge in [-0.15, -0.1) is 11.8 Å². The number of nitrogens with zero attached hydrogens (tertiary/aromatic N) is 1. The molecular formula is C16H13NOS. The van der Waals surface area contributed by atoms with E-state index in [1.807, 2.05) is 48.5 Å². The molecule has 0 aliphatic rings. The van der Waals surface area contributed by atoms with Crippen LogP contribution in [0.25, 0.3) is 11.5 Å². The predicted molar refractivity (Wildman–Crippen MR) is 77.9 cm³/mol. The molecule has 2 aromatic carbocycles. The molecule has 3 aromatic rings. The molecule has 0 spiro atoms. The normalized spacial score (nSPS) is 10.5. The molecule has 0 saturated heterocycles. The third-order valence-electron chi connectivity index (χ3n) is 2.70. The summed E-state index contributed by atoms with van der Waals surface area (Å²) >= 11 is 1.75. The number of rotatable bonds is 4. The smallest absolute Gasteiger partial charge is 0.226 e. The zero-order chi connectivity index (χ0) is 12.9. The topological polar surface area (TPSA) is 26.0 Å². The lowest BCUT2D eigenvalue weighted by atomic mass is 10.2. The van der Waals surface area contributed by atoms with Crippen LogP contribution in [-0.2, 0) is 5.75 Å². The number of oxazole rings is 1. The summed E-state index contributed by atoms with van der Waals surface area (Å²) in [5.74, 6) is 2.38. The molecule has 19 heavy (non-hydrogen) atoms. The van der Waals surface area contributed by atoms with E-state index < -0.39 is 0 Å². The first-order valence-electron chi connectivity index (χ1n) is 6.10. The summed E-state index contributed by atoms with van der Waals surface area (Å²) in [6.45, 7) is 0. The molecule has 0 aliphatic carbocycles. The Morgan fingerprint density at radius 2 is 1.58 bits per heavy atom. The predicted octanol–water partition coefficient (Wildman–Crippen LogP) is 4.63. The van der Waals surface area contributed by atoms with Crippen LogP contribution >= 0.6 is 11.8 Å². The lowest BCUT2D eigenvalue weighted by Crippen LogP contribution is -1.76. The minimum Gasteiger partial charge on any atom is -0.440 e. The molecule has 0 amide bonds. The summed E-state index contributed by atoms with van der Waals surface area (Å²) in [6, 6.07) is 20.2. The van der Waals surface area contributed by atoms with E-state index in [1.54, 1.807) is 18.0 Å². The van der Waals surface area contributed by atoms with E-state index >= 15 is 0 Å². The molecule has 0 unspecified atom stereocenters. The summed E-state index contributed by atoms with van der Waals surface area (Å²) in [5, 5.41) is 0. The molecule has 0 fully saturated rings. The Morgan fingerprint density at radius 3 is 2.32 bits per heavy atom. The maximum absolute atomic E-state index is 5.76. The second kappa shape index (κ2) is 5.76. The molecule has 0 radical (unpaired) electrons. The Morgan fingerprint density at radius 1 is 0.895 bits per heavy atom. The van der Waals surface area contributed by atoms with Crippen molar-refractivity contribution in [3.05, 3.63) is 72.6 Å². The molecule has 0 aliphatic heterocycles. The quantitative estimate of drug-likeness (QED) is 0.644. The summed E-state index contributed by atoms with van der Waals surface area (Å²) < 4.78 is 5.76. The molecule has 0 N–H and O–H groups in total. The number of hydrogen-bond donors (Lipinski definition) is 0. The van der Waals surface area contributed by atoms with Gasteiger partial charge in [0.05, 0.1) is 11.9 Å². The zero-order valence-corrected chi connectivity index (χ0v) is 11.1. The molecule has 1 aromatic heterocycles. The van der Waals surface area contributed by atoms with Crippen molar-refractivity contribution in [3.8, 4) is 11.5 Å². The van der Waals surface area contributed by atoms with E-state index in [4.69, 9.17) is 4.42 Å². The minimum atomic E-state index is 0.685. The highest BCUT2D eigenvalue weighted by atomic mass is 32.2. The zero-order valence-electron chi connectivity index (χ0n) is 10.3. The van der Waals surface area contributed by atoms with Crippen LogP contribution in [0, 0.1) is 0 Å². The Kier molecular flexibility index (Phi) is 3.65. The number of aromatic nitrogens is 1. The van der Waals surface area contributed by atoms with E-state index in [2.05, 4.69) is 17.1 Å². The molecule has 0 saturated carbocycles. The second-order valence-electron chi connectivity index (χ2n) is 4.10. The van der Waals surface area contributed by atoms with Crippen LogP contribution in [0.4, 0.5) is 0 Å². The van der Waals surface area contributed by atoms with E-state index in [0.29, 0.717) is 5.89 Å². The van der Waals surface area contributed by atoms with E-state index in [0.717, 1.165) is 17.1 Å². The average molecular weight is 267 g/mol. The number of benzene rings is 2. The molecule has 94 valence electrons. The second-order valence-corrected chi connectivity index (χ2v) is 5.15. The van der Waals surface area contributed by atoms with Gasteiger partial charge in [0.2, 0.25) is 5.89 Å². The Balaban J connectivity index is 1.69. The molecule has 1 heterocycles. The Hall–Kier alpha value is -2.00. The SMILES string of the molecule is c1ccc(SCc2cnc(-c3ccccc3)o2)cc1. The van der Waals surface area contributed by atoms with Crippen molar-refractivity contribution in [2.75, 3.05) is 0 Å². The van der Waals surface area contributed by atoms with Gasteiger partial charge in [-0.25, -0.2) is 4.98 Å². The monoisotopic (exact) mass is 267 g/mol. The fourth-order valence-corrected chi connectivity index (χ4v) is 2.55. The minimum absolute atomic E-state index is 0.685. The highest BCUT2D eigenvalue weighted by Crippen LogP contribution is 2.25. The fraction of sp³-hybridized carbons (Fsp3) is 0.0625. The first-order valence-corrected chi connectivity index (χ1v) is 7.08. The van der Waals surface area contributed by atoms with E-state index in [-0.39, 0.29) is 0 Å². The van der Waals surface area contributed by atoms with Crippen LogP contribution in [0.1, 0.15) is 5.76 Å². The Labute approximate surface area is 116 Å². The van der Waals surface area contributed by atoms with Gasteiger partial charge in [-0.2, -0.15) is 0 Å². The molecule has 0 bridgehead atoms. The maximum atomic E-state index is 5.76.